The monoisotopic (exact) mass is 313 g/mol. The Bertz CT molecular complexity index is 610. The van der Waals surface area contributed by atoms with Crippen LogP contribution in [-0.4, -0.2) is 37.2 Å². The van der Waals surface area contributed by atoms with E-state index in [4.69, 9.17) is 4.74 Å². The number of morpholine rings is 1. The molecule has 3 unspecified atom stereocenters. The second-order valence-electron chi connectivity index (χ2n) is 6.69. The molecule has 1 N–H and O–H groups in total. The quantitative estimate of drug-likeness (QED) is 0.861. The number of rotatable bonds is 4. The largest absolute Gasteiger partial charge is 0.378 e. The number of allylic oxidation sites excluding steroid dienone is 2. The van der Waals surface area contributed by atoms with Crippen LogP contribution in [0.25, 0.3) is 0 Å². The van der Waals surface area contributed by atoms with Crippen LogP contribution in [0, 0.1) is 17.8 Å². The van der Waals surface area contributed by atoms with Crippen molar-refractivity contribution in [2.45, 2.75) is 19.4 Å². The minimum absolute atomic E-state index is 0.161. The van der Waals surface area contributed by atoms with Crippen LogP contribution in [0.3, 0.4) is 0 Å². The van der Waals surface area contributed by atoms with Gasteiger partial charge in [0.25, 0.3) is 0 Å². The van der Waals surface area contributed by atoms with Crippen LogP contribution in [0.1, 0.15) is 18.4 Å². The molecule has 5 heteroatoms. The molecule has 0 radical (unpaired) electrons. The Balaban J connectivity index is 1.41. The highest BCUT2D eigenvalue weighted by Crippen LogP contribution is 2.43. The Morgan fingerprint density at radius 3 is 2.91 bits per heavy atom. The minimum Gasteiger partial charge on any atom is -0.378 e. The first-order valence-corrected chi connectivity index (χ1v) is 8.54. The molecule has 5 nitrogen and oxygen atoms in total. The van der Waals surface area contributed by atoms with Crippen LogP contribution in [0.5, 0.6) is 0 Å². The number of hydrogen-bond donors (Lipinski definition) is 1. The molecule has 1 saturated carbocycles. The van der Waals surface area contributed by atoms with Gasteiger partial charge in [0.05, 0.1) is 13.2 Å². The van der Waals surface area contributed by atoms with Gasteiger partial charge in [-0.05, 0) is 30.7 Å². The van der Waals surface area contributed by atoms with E-state index in [2.05, 4.69) is 33.4 Å². The third-order valence-corrected chi connectivity index (χ3v) is 5.25. The van der Waals surface area contributed by atoms with Crippen molar-refractivity contribution in [3.63, 3.8) is 0 Å². The minimum atomic E-state index is 0.161. The van der Waals surface area contributed by atoms with Gasteiger partial charge in [-0.3, -0.25) is 4.79 Å². The smallest absolute Gasteiger partial charge is 0.223 e. The van der Waals surface area contributed by atoms with Gasteiger partial charge in [-0.25, -0.2) is 4.98 Å². The molecule has 23 heavy (non-hydrogen) atoms. The zero-order valence-electron chi connectivity index (χ0n) is 13.3. The number of ether oxygens (including phenoxy) is 1. The summed E-state index contributed by atoms with van der Waals surface area (Å²) in [5.74, 6) is 2.40. The van der Waals surface area contributed by atoms with Crippen LogP contribution in [0.2, 0.25) is 0 Å². The van der Waals surface area contributed by atoms with E-state index in [9.17, 15) is 4.79 Å². The lowest BCUT2D eigenvalue weighted by molar-refractivity contribution is -0.125. The fraction of sp³-hybridized carbons (Fsp3) is 0.556. The summed E-state index contributed by atoms with van der Waals surface area (Å²) >= 11 is 0. The number of nitrogens with zero attached hydrogens (tertiary/aromatic N) is 2. The standard InChI is InChI=1S/C18H23N3O2/c22-18(16-11-13-3-4-14(16)10-13)20-12-15-2-1-5-19-17(15)21-6-8-23-9-7-21/h1-5,13-14,16H,6-12H2,(H,20,22). The third kappa shape index (κ3) is 2.98. The SMILES string of the molecule is O=C(NCc1cccnc1N1CCOCC1)C1CC2C=CC1C2. The van der Waals surface area contributed by atoms with Crippen molar-refractivity contribution >= 4 is 11.7 Å². The Morgan fingerprint density at radius 1 is 1.30 bits per heavy atom. The van der Waals surface area contributed by atoms with Crippen molar-refractivity contribution in [1.82, 2.24) is 10.3 Å². The molecular formula is C18H23N3O2. The summed E-state index contributed by atoms with van der Waals surface area (Å²) in [5.41, 5.74) is 1.08. The zero-order chi connectivity index (χ0) is 15.6. The van der Waals surface area contributed by atoms with Gasteiger partial charge in [0.1, 0.15) is 5.82 Å². The van der Waals surface area contributed by atoms with Gasteiger partial charge < -0.3 is 15.0 Å². The van der Waals surface area contributed by atoms with Crippen LogP contribution in [0.4, 0.5) is 5.82 Å². The molecule has 1 aliphatic heterocycles. The maximum atomic E-state index is 12.5. The Labute approximate surface area is 136 Å². The predicted octanol–water partition coefficient (Wildman–Crippen LogP) is 1.75. The van der Waals surface area contributed by atoms with Gasteiger partial charge in [0.15, 0.2) is 0 Å². The Kier molecular flexibility index (Phi) is 4.04. The molecule has 4 rings (SSSR count). The van der Waals surface area contributed by atoms with Gasteiger partial charge in [0.2, 0.25) is 5.91 Å². The first-order chi connectivity index (χ1) is 11.3. The number of fused-ring (bicyclic) bond motifs is 2. The molecule has 2 fully saturated rings. The fourth-order valence-electron chi connectivity index (χ4n) is 4.02. The van der Waals surface area contributed by atoms with Crippen molar-refractivity contribution in [2.24, 2.45) is 17.8 Å². The van der Waals surface area contributed by atoms with E-state index >= 15 is 0 Å². The average Bonchev–Trinajstić information content (AvgIpc) is 3.24. The van der Waals surface area contributed by atoms with Crippen molar-refractivity contribution in [2.75, 3.05) is 31.2 Å². The summed E-state index contributed by atoms with van der Waals surface area (Å²) in [6.45, 7) is 3.74. The molecule has 1 aromatic rings. The molecule has 2 aliphatic carbocycles. The molecule has 122 valence electrons. The Morgan fingerprint density at radius 2 is 2.17 bits per heavy atom. The molecule has 3 aliphatic rings. The van der Waals surface area contributed by atoms with E-state index in [1.165, 1.54) is 0 Å². The average molecular weight is 313 g/mol. The topological polar surface area (TPSA) is 54.5 Å². The fourth-order valence-corrected chi connectivity index (χ4v) is 4.02. The van der Waals surface area contributed by atoms with E-state index in [0.717, 1.165) is 50.5 Å². The van der Waals surface area contributed by atoms with E-state index in [1.807, 2.05) is 12.3 Å². The first kappa shape index (κ1) is 14.7. The van der Waals surface area contributed by atoms with Crippen LogP contribution in [0.15, 0.2) is 30.5 Å². The summed E-state index contributed by atoms with van der Waals surface area (Å²) in [7, 11) is 0. The summed E-state index contributed by atoms with van der Waals surface area (Å²) in [4.78, 5) is 19.3. The highest BCUT2D eigenvalue weighted by atomic mass is 16.5. The van der Waals surface area contributed by atoms with Crippen molar-refractivity contribution < 1.29 is 9.53 Å². The number of carbonyl (C=O) groups is 1. The van der Waals surface area contributed by atoms with E-state index in [0.29, 0.717) is 18.4 Å². The van der Waals surface area contributed by atoms with E-state index < -0.39 is 0 Å². The summed E-state index contributed by atoms with van der Waals surface area (Å²) < 4.78 is 5.41. The molecule has 0 aromatic carbocycles. The van der Waals surface area contributed by atoms with Gasteiger partial charge >= 0.3 is 0 Å². The maximum absolute atomic E-state index is 12.5. The maximum Gasteiger partial charge on any atom is 0.223 e. The predicted molar refractivity (Wildman–Crippen MR) is 88.0 cm³/mol. The van der Waals surface area contributed by atoms with Gasteiger partial charge in [-0.1, -0.05) is 18.2 Å². The first-order valence-electron chi connectivity index (χ1n) is 8.54. The molecule has 2 heterocycles. The van der Waals surface area contributed by atoms with Gasteiger partial charge in [-0.2, -0.15) is 0 Å². The van der Waals surface area contributed by atoms with Crippen molar-refractivity contribution in [3.8, 4) is 0 Å². The molecule has 0 spiro atoms. The summed E-state index contributed by atoms with van der Waals surface area (Å²) in [5, 5.41) is 3.13. The van der Waals surface area contributed by atoms with E-state index in [-0.39, 0.29) is 11.8 Å². The molecule has 1 saturated heterocycles. The Hall–Kier alpha value is -1.88. The van der Waals surface area contributed by atoms with Crippen LogP contribution >= 0.6 is 0 Å². The number of anilines is 1. The van der Waals surface area contributed by atoms with Crippen LogP contribution in [-0.2, 0) is 16.1 Å². The van der Waals surface area contributed by atoms with Crippen molar-refractivity contribution in [3.05, 3.63) is 36.0 Å². The third-order valence-electron chi connectivity index (χ3n) is 5.25. The lowest BCUT2D eigenvalue weighted by atomic mass is 9.93. The van der Waals surface area contributed by atoms with Gasteiger partial charge in [-0.15, -0.1) is 0 Å². The number of carbonyl (C=O) groups excluding carboxylic acids is 1. The number of hydrogen-bond acceptors (Lipinski definition) is 4. The number of amides is 1. The normalized spacial score (nSPS) is 29.0. The van der Waals surface area contributed by atoms with E-state index in [1.54, 1.807) is 0 Å². The lowest BCUT2D eigenvalue weighted by Crippen LogP contribution is -2.38. The second kappa shape index (κ2) is 6.32. The second-order valence-corrected chi connectivity index (χ2v) is 6.69. The summed E-state index contributed by atoms with van der Waals surface area (Å²) in [6, 6.07) is 3.99. The number of pyridine rings is 1. The van der Waals surface area contributed by atoms with Crippen LogP contribution < -0.4 is 10.2 Å². The molecule has 3 atom stereocenters. The number of aromatic nitrogens is 1. The highest BCUT2D eigenvalue weighted by Gasteiger charge is 2.39. The number of nitrogens with one attached hydrogen (secondary N) is 1. The molecule has 1 aromatic heterocycles. The molecule has 2 bridgehead atoms. The molecular weight excluding hydrogens is 290 g/mol. The zero-order valence-corrected chi connectivity index (χ0v) is 13.3. The highest BCUT2D eigenvalue weighted by molar-refractivity contribution is 5.80. The molecule has 1 amide bonds. The lowest BCUT2D eigenvalue weighted by Gasteiger charge is -2.29. The van der Waals surface area contributed by atoms with Gasteiger partial charge in [0, 0.05) is 37.3 Å². The van der Waals surface area contributed by atoms with Crippen molar-refractivity contribution in [1.29, 1.82) is 0 Å². The summed E-state index contributed by atoms with van der Waals surface area (Å²) in [6.07, 6.45) is 8.48.